The molecule has 1 atom stereocenters. The molecule has 84 valence electrons. The molecule has 1 unspecified atom stereocenters. The molecule has 1 aromatic rings. The van der Waals surface area contributed by atoms with E-state index in [1.165, 1.54) is 11.8 Å². The monoisotopic (exact) mass is 234 g/mol. The third kappa shape index (κ3) is 1.86. The van der Waals surface area contributed by atoms with E-state index in [1.54, 1.807) is 11.0 Å². The lowest BCUT2D eigenvalue weighted by Gasteiger charge is -2.33. The highest BCUT2D eigenvalue weighted by atomic mass is 32.2. The van der Waals surface area contributed by atoms with Crippen LogP contribution in [-0.2, 0) is 4.79 Å². The first kappa shape index (κ1) is 11.2. The Morgan fingerprint density at radius 2 is 2.19 bits per heavy atom. The minimum atomic E-state index is -0.680. The van der Waals surface area contributed by atoms with Crippen LogP contribution in [0.3, 0.4) is 0 Å². The standard InChI is InChI=1S/C12H14N2OS/c1-2-8-12(13)14(11(15)9-16-12)10-6-4-3-5-7-10/h2-7H,1,8-9,13H2. The van der Waals surface area contributed by atoms with Gasteiger partial charge in [-0.2, -0.15) is 0 Å². The van der Waals surface area contributed by atoms with Crippen molar-refractivity contribution in [2.45, 2.75) is 11.4 Å². The second kappa shape index (κ2) is 4.31. The molecule has 3 nitrogen and oxygen atoms in total. The van der Waals surface area contributed by atoms with E-state index in [0.717, 1.165) is 5.69 Å². The summed E-state index contributed by atoms with van der Waals surface area (Å²) in [4.78, 5) is 12.8. The Labute approximate surface area is 99.3 Å². The number of hydrogen-bond acceptors (Lipinski definition) is 3. The number of anilines is 1. The quantitative estimate of drug-likeness (QED) is 0.813. The smallest absolute Gasteiger partial charge is 0.239 e. The van der Waals surface area contributed by atoms with E-state index in [2.05, 4.69) is 6.58 Å². The molecular formula is C12H14N2OS. The molecule has 0 aliphatic carbocycles. The van der Waals surface area contributed by atoms with Gasteiger partial charge in [-0.05, 0) is 12.1 Å². The third-order valence-corrected chi connectivity index (χ3v) is 3.77. The molecule has 16 heavy (non-hydrogen) atoms. The van der Waals surface area contributed by atoms with E-state index in [9.17, 15) is 4.79 Å². The molecule has 0 radical (unpaired) electrons. The van der Waals surface area contributed by atoms with Crippen molar-refractivity contribution in [3.8, 4) is 0 Å². The molecule has 1 aliphatic heterocycles. The van der Waals surface area contributed by atoms with Gasteiger partial charge >= 0.3 is 0 Å². The summed E-state index contributed by atoms with van der Waals surface area (Å²) in [6.07, 6.45) is 2.33. The van der Waals surface area contributed by atoms with Crippen molar-refractivity contribution in [1.82, 2.24) is 0 Å². The summed E-state index contributed by atoms with van der Waals surface area (Å²) in [5.41, 5.74) is 7.08. The van der Waals surface area contributed by atoms with Crippen molar-refractivity contribution in [2.24, 2.45) is 5.73 Å². The van der Waals surface area contributed by atoms with E-state index in [0.29, 0.717) is 12.2 Å². The Bertz CT molecular complexity index is 407. The van der Waals surface area contributed by atoms with E-state index >= 15 is 0 Å². The first-order chi connectivity index (χ1) is 7.67. The molecule has 2 rings (SSSR count). The molecule has 1 heterocycles. The zero-order valence-electron chi connectivity index (χ0n) is 8.93. The van der Waals surface area contributed by atoms with Crippen LogP contribution < -0.4 is 10.6 Å². The zero-order valence-corrected chi connectivity index (χ0v) is 9.74. The van der Waals surface area contributed by atoms with Gasteiger partial charge in [0.15, 0.2) is 0 Å². The third-order valence-electron chi connectivity index (χ3n) is 2.52. The fourth-order valence-corrected chi connectivity index (χ4v) is 2.90. The Kier molecular flexibility index (Phi) is 3.03. The number of hydrogen-bond donors (Lipinski definition) is 1. The number of benzene rings is 1. The van der Waals surface area contributed by atoms with Crippen molar-refractivity contribution in [3.05, 3.63) is 43.0 Å². The number of carbonyl (C=O) groups excluding carboxylic acids is 1. The molecule has 2 N–H and O–H groups in total. The Morgan fingerprint density at radius 1 is 1.50 bits per heavy atom. The van der Waals surface area contributed by atoms with E-state index in [-0.39, 0.29) is 5.91 Å². The molecule has 0 spiro atoms. The van der Waals surface area contributed by atoms with Crippen LogP contribution in [0.15, 0.2) is 43.0 Å². The summed E-state index contributed by atoms with van der Waals surface area (Å²) in [5.74, 6) is 0.486. The molecule has 1 amide bonds. The second-order valence-electron chi connectivity index (χ2n) is 3.69. The topological polar surface area (TPSA) is 46.3 Å². The van der Waals surface area contributed by atoms with Gasteiger partial charge in [0.25, 0.3) is 0 Å². The van der Waals surface area contributed by atoms with Gasteiger partial charge in [-0.15, -0.1) is 18.3 Å². The highest BCUT2D eigenvalue weighted by Crippen LogP contribution is 2.38. The van der Waals surface area contributed by atoms with Gasteiger partial charge in [0.1, 0.15) is 4.99 Å². The number of para-hydroxylation sites is 1. The molecule has 4 heteroatoms. The maximum Gasteiger partial charge on any atom is 0.239 e. The lowest BCUT2D eigenvalue weighted by Crippen LogP contribution is -2.51. The van der Waals surface area contributed by atoms with Gasteiger partial charge in [-0.1, -0.05) is 24.3 Å². The Hall–Kier alpha value is -1.26. The van der Waals surface area contributed by atoms with Crippen LogP contribution in [0, 0.1) is 0 Å². The van der Waals surface area contributed by atoms with Crippen molar-refractivity contribution < 1.29 is 4.79 Å². The summed E-state index contributed by atoms with van der Waals surface area (Å²) < 4.78 is 0. The van der Waals surface area contributed by atoms with Crippen molar-refractivity contribution in [1.29, 1.82) is 0 Å². The molecule has 0 saturated carbocycles. The SMILES string of the molecule is C=CCC1(N)SCC(=O)N1c1ccccc1. The number of thioether (sulfide) groups is 1. The maximum absolute atomic E-state index is 11.9. The molecule has 1 aromatic carbocycles. The average molecular weight is 234 g/mol. The number of rotatable bonds is 3. The summed E-state index contributed by atoms with van der Waals surface area (Å²) in [7, 11) is 0. The first-order valence-electron chi connectivity index (χ1n) is 5.09. The predicted molar refractivity (Wildman–Crippen MR) is 68.1 cm³/mol. The van der Waals surface area contributed by atoms with Crippen LogP contribution in [-0.4, -0.2) is 16.7 Å². The molecule has 1 saturated heterocycles. The second-order valence-corrected chi connectivity index (χ2v) is 4.98. The van der Waals surface area contributed by atoms with Crippen LogP contribution in [0.25, 0.3) is 0 Å². The molecular weight excluding hydrogens is 220 g/mol. The van der Waals surface area contributed by atoms with Crippen molar-refractivity contribution >= 4 is 23.4 Å². The largest absolute Gasteiger partial charge is 0.299 e. The van der Waals surface area contributed by atoms with Crippen LogP contribution in [0.5, 0.6) is 0 Å². The highest BCUT2D eigenvalue weighted by molar-refractivity contribution is 8.02. The summed E-state index contributed by atoms with van der Waals surface area (Å²) >= 11 is 1.46. The number of amides is 1. The van der Waals surface area contributed by atoms with Gasteiger partial charge in [0.2, 0.25) is 5.91 Å². The van der Waals surface area contributed by atoms with Crippen LogP contribution in [0.1, 0.15) is 6.42 Å². The molecule has 1 fully saturated rings. The van der Waals surface area contributed by atoms with Gasteiger partial charge in [-0.3, -0.25) is 15.4 Å². The summed E-state index contributed by atoms with van der Waals surface area (Å²) in [5, 5.41) is 0. The number of carbonyl (C=O) groups is 1. The maximum atomic E-state index is 11.9. The minimum absolute atomic E-state index is 0.0561. The normalized spacial score (nSPS) is 24.8. The van der Waals surface area contributed by atoms with Gasteiger partial charge in [0, 0.05) is 12.1 Å². The number of nitrogens with two attached hydrogens (primary N) is 1. The lowest BCUT2D eigenvalue weighted by atomic mass is 10.2. The molecule has 0 aromatic heterocycles. The van der Waals surface area contributed by atoms with Crippen molar-refractivity contribution in [2.75, 3.05) is 10.7 Å². The fraction of sp³-hybridized carbons (Fsp3) is 0.250. The van der Waals surface area contributed by atoms with E-state index < -0.39 is 4.99 Å². The minimum Gasteiger partial charge on any atom is -0.299 e. The van der Waals surface area contributed by atoms with Gasteiger partial charge < -0.3 is 0 Å². The van der Waals surface area contributed by atoms with E-state index in [1.807, 2.05) is 30.3 Å². The zero-order chi connectivity index (χ0) is 11.6. The predicted octanol–water partition coefficient (Wildman–Crippen LogP) is 1.95. The van der Waals surface area contributed by atoms with Crippen LogP contribution in [0.4, 0.5) is 5.69 Å². The van der Waals surface area contributed by atoms with E-state index in [4.69, 9.17) is 5.73 Å². The van der Waals surface area contributed by atoms with Crippen LogP contribution in [0.2, 0.25) is 0 Å². The highest BCUT2D eigenvalue weighted by Gasteiger charge is 2.42. The Balaban J connectivity index is 2.36. The lowest BCUT2D eigenvalue weighted by molar-refractivity contribution is -0.116. The Morgan fingerprint density at radius 3 is 2.81 bits per heavy atom. The number of nitrogens with zero attached hydrogens (tertiary/aromatic N) is 1. The molecule has 1 aliphatic rings. The summed E-state index contributed by atoms with van der Waals surface area (Å²) in [6.45, 7) is 3.69. The van der Waals surface area contributed by atoms with Gasteiger partial charge in [0.05, 0.1) is 5.75 Å². The van der Waals surface area contributed by atoms with Crippen molar-refractivity contribution in [3.63, 3.8) is 0 Å². The fourth-order valence-electron chi connectivity index (χ4n) is 1.82. The van der Waals surface area contributed by atoms with Crippen LogP contribution >= 0.6 is 11.8 Å². The first-order valence-corrected chi connectivity index (χ1v) is 6.08. The average Bonchev–Trinajstić information content (AvgIpc) is 2.56. The summed E-state index contributed by atoms with van der Waals surface area (Å²) in [6, 6.07) is 9.52. The van der Waals surface area contributed by atoms with Gasteiger partial charge in [-0.25, -0.2) is 0 Å². The molecule has 0 bridgehead atoms.